The van der Waals surface area contributed by atoms with Crippen LogP contribution in [0.1, 0.15) is 23.9 Å². The fourth-order valence-electron chi connectivity index (χ4n) is 2.68. The molecule has 0 radical (unpaired) electrons. The molecule has 5 nitrogen and oxygen atoms in total. The van der Waals surface area contributed by atoms with Crippen molar-refractivity contribution < 1.29 is 22.4 Å². The predicted molar refractivity (Wildman–Crippen MR) is 93.1 cm³/mol. The van der Waals surface area contributed by atoms with Crippen LogP contribution in [0.15, 0.2) is 18.5 Å². The second-order valence-corrected chi connectivity index (χ2v) is 7.60. The van der Waals surface area contributed by atoms with Gasteiger partial charge in [0.05, 0.1) is 21.6 Å². The van der Waals surface area contributed by atoms with Gasteiger partial charge in [0.15, 0.2) is 5.01 Å². The number of hydrogen-bond donors (Lipinski definition) is 2. The molecule has 27 heavy (non-hydrogen) atoms. The second kappa shape index (κ2) is 7.69. The molecule has 1 aliphatic rings. The van der Waals surface area contributed by atoms with Crippen molar-refractivity contribution in [3.63, 3.8) is 0 Å². The maximum atomic E-state index is 13.5. The van der Waals surface area contributed by atoms with Crippen LogP contribution in [-0.2, 0) is 17.5 Å². The number of amides is 1. The summed E-state index contributed by atoms with van der Waals surface area (Å²) >= 11 is 6.54. The van der Waals surface area contributed by atoms with Crippen molar-refractivity contribution in [3.05, 3.63) is 34.1 Å². The Morgan fingerprint density at radius 3 is 2.74 bits per heavy atom. The Morgan fingerprint density at radius 1 is 1.41 bits per heavy atom. The van der Waals surface area contributed by atoms with Gasteiger partial charge >= 0.3 is 6.18 Å². The summed E-state index contributed by atoms with van der Waals surface area (Å²) in [6.45, 7) is 1.70. The molecule has 0 saturated carbocycles. The lowest BCUT2D eigenvalue weighted by Crippen LogP contribution is -2.42. The van der Waals surface area contributed by atoms with E-state index in [2.05, 4.69) is 20.6 Å². The minimum absolute atomic E-state index is 0.0433. The summed E-state index contributed by atoms with van der Waals surface area (Å²) in [6.07, 6.45) is -3.13. The highest BCUT2D eigenvalue weighted by Gasteiger charge is 2.35. The van der Waals surface area contributed by atoms with Gasteiger partial charge in [-0.2, -0.15) is 13.2 Å². The van der Waals surface area contributed by atoms with Gasteiger partial charge in [0.25, 0.3) is 0 Å². The highest BCUT2D eigenvalue weighted by Crippen LogP contribution is 2.36. The van der Waals surface area contributed by atoms with Gasteiger partial charge in [-0.1, -0.05) is 11.6 Å². The van der Waals surface area contributed by atoms with Gasteiger partial charge in [0, 0.05) is 31.4 Å². The number of thiazole rings is 1. The van der Waals surface area contributed by atoms with Crippen molar-refractivity contribution in [1.29, 1.82) is 0 Å². The number of rotatable bonds is 4. The van der Waals surface area contributed by atoms with Crippen molar-refractivity contribution in [2.24, 2.45) is 0 Å². The molecule has 1 amide bonds. The maximum absolute atomic E-state index is 13.5. The predicted octanol–water partition coefficient (Wildman–Crippen LogP) is 3.58. The van der Waals surface area contributed by atoms with E-state index in [4.69, 9.17) is 11.6 Å². The fraction of sp³-hybridized carbons (Fsp3) is 0.438. The minimum Gasteiger partial charge on any atom is -0.351 e. The van der Waals surface area contributed by atoms with E-state index in [0.717, 1.165) is 6.20 Å². The van der Waals surface area contributed by atoms with E-state index in [1.54, 1.807) is 6.92 Å². The Kier molecular flexibility index (Phi) is 5.68. The standard InChI is InChI=1S/C16H15ClF4N4OS/c1-7-10(18)3-12(25-7)14(26)23-4-8-2-11(22-5-9(8)17)13-6-24-15(27-13)16(19,20)21/h2,5-7,10,12,25H,3-4H2,1H3,(H,23,26). The molecule has 0 spiro atoms. The maximum Gasteiger partial charge on any atom is 0.443 e. The quantitative estimate of drug-likeness (QED) is 0.739. The van der Waals surface area contributed by atoms with Gasteiger partial charge in [0.1, 0.15) is 6.17 Å². The lowest BCUT2D eigenvalue weighted by molar-refractivity contribution is -0.137. The van der Waals surface area contributed by atoms with Crippen molar-refractivity contribution in [3.8, 4) is 10.6 Å². The Balaban J connectivity index is 1.70. The van der Waals surface area contributed by atoms with Crippen LogP contribution in [0.3, 0.4) is 0 Å². The van der Waals surface area contributed by atoms with Crippen molar-refractivity contribution in [1.82, 2.24) is 20.6 Å². The van der Waals surface area contributed by atoms with E-state index < -0.39 is 29.4 Å². The summed E-state index contributed by atoms with van der Waals surface area (Å²) in [7, 11) is 0. The molecule has 0 aliphatic carbocycles. The first-order valence-electron chi connectivity index (χ1n) is 8.01. The second-order valence-electron chi connectivity index (χ2n) is 6.17. The minimum atomic E-state index is -4.52. The smallest absolute Gasteiger partial charge is 0.351 e. The van der Waals surface area contributed by atoms with E-state index in [9.17, 15) is 22.4 Å². The van der Waals surface area contributed by atoms with E-state index in [-0.39, 0.29) is 34.5 Å². The molecule has 2 aromatic rings. The summed E-state index contributed by atoms with van der Waals surface area (Å²) in [4.78, 5) is 19.8. The van der Waals surface area contributed by atoms with Gasteiger partial charge in [-0.15, -0.1) is 11.3 Å². The SMILES string of the molecule is CC1NC(C(=O)NCc2cc(-c3cnc(C(F)(F)F)s3)ncc2Cl)CC1F. The highest BCUT2D eigenvalue weighted by atomic mass is 35.5. The Hall–Kier alpha value is -1.78. The van der Waals surface area contributed by atoms with Crippen LogP contribution in [0.25, 0.3) is 10.6 Å². The van der Waals surface area contributed by atoms with Gasteiger partial charge in [-0.3, -0.25) is 9.78 Å². The van der Waals surface area contributed by atoms with Gasteiger partial charge in [-0.05, 0) is 18.6 Å². The number of carbonyl (C=O) groups excluding carboxylic acids is 1. The number of nitrogens with one attached hydrogen (secondary N) is 2. The van der Waals surface area contributed by atoms with Crippen LogP contribution >= 0.6 is 22.9 Å². The van der Waals surface area contributed by atoms with Crippen LogP contribution in [0.4, 0.5) is 17.6 Å². The third-order valence-electron chi connectivity index (χ3n) is 4.17. The normalized spacial score (nSPS) is 22.8. The summed E-state index contributed by atoms with van der Waals surface area (Å²) in [5.74, 6) is -0.367. The molecule has 0 aromatic carbocycles. The van der Waals surface area contributed by atoms with Crippen LogP contribution in [-0.4, -0.2) is 34.1 Å². The molecule has 2 aromatic heterocycles. The first kappa shape index (κ1) is 20.0. The Bertz CT molecular complexity index is 834. The summed E-state index contributed by atoms with van der Waals surface area (Å²) in [5.41, 5.74) is 0.757. The van der Waals surface area contributed by atoms with Crippen LogP contribution < -0.4 is 10.6 Å². The number of pyridine rings is 1. The van der Waals surface area contributed by atoms with E-state index in [0.29, 0.717) is 16.9 Å². The van der Waals surface area contributed by atoms with Crippen molar-refractivity contribution in [2.75, 3.05) is 0 Å². The highest BCUT2D eigenvalue weighted by molar-refractivity contribution is 7.15. The van der Waals surface area contributed by atoms with Crippen LogP contribution in [0.2, 0.25) is 5.02 Å². The summed E-state index contributed by atoms with van der Waals surface area (Å²) < 4.78 is 51.6. The number of alkyl halides is 4. The van der Waals surface area contributed by atoms with E-state index in [1.165, 1.54) is 12.3 Å². The molecular weight excluding hydrogens is 408 g/mol. The molecular formula is C16H15ClF4N4OS. The number of nitrogens with zero attached hydrogens (tertiary/aromatic N) is 2. The molecule has 3 rings (SSSR count). The topological polar surface area (TPSA) is 66.9 Å². The van der Waals surface area contributed by atoms with Gasteiger partial charge in [0.2, 0.25) is 5.91 Å². The molecule has 3 atom stereocenters. The van der Waals surface area contributed by atoms with Crippen molar-refractivity contribution >= 4 is 28.8 Å². The Labute approximate surface area is 161 Å². The number of hydrogen-bond acceptors (Lipinski definition) is 5. The first-order chi connectivity index (χ1) is 12.6. The molecule has 3 unspecified atom stereocenters. The average molecular weight is 423 g/mol. The molecule has 1 fully saturated rings. The zero-order valence-electron chi connectivity index (χ0n) is 14.0. The molecule has 1 saturated heterocycles. The van der Waals surface area contributed by atoms with Crippen LogP contribution in [0.5, 0.6) is 0 Å². The van der Waals surface area contributed by atoms with E-state index >= 15 is 0 Å². The molecule has 11 heteroatoms. The third-order valence-corrected chi connectivity index (χ3v) is 5.58. The fourth-order valence-corrected chi connectivity index (χ4v) is 3.60. The van der Waals surface area contributed by atoms with Gasteiger partial charge < -0.3 is 10.6 Å². The van der Waals surface area contributed by atoms with Crippen LogP contribution in [0, 0.1) is 0 Å². The average Bonchev–Trinajstić information content (AvgIpc) is 3.21. The first-order valence-corrected chi connectivity index (χ1v) is 9.20. The zero-order valence-corrected chi connectivity index (χ0v) is 15.6. The largest absolute Gasteiger partial charge is 0.443 e. The zero-order chi connectivity index (χ0) is 19.8. The summed E-state index contributed by atoms with van der Waals surface area (Å²) in [5, 5.41) is 4.81. The molecule has 146 valence electrons. The molecule has 3 heterocycles. The molecule has 2 N–H and O–H groups in total. The lowest BCUT2D eigenvalue weighted by Gasteiger charge is -2.13. The monoisotopic (exact) mass is 422 g/mol. The molecule has 1 aliphatic heterocycles. The number of halogens is 5. The Morgan fingerprint density at radius 2 is 2.15 bits per heavy atom. The number of carbonyl (C=O) groups is 1. The molecule has 0 bridgehead atoms. The number of aromatic nitrogens is 2. The van der Waals surface area contributed by atoms with Gasteiger partial charge in [-0.25, -0.2) is 9.37 Å². The lowest BCUT2D eigenvalue weighted by atomic mass is 10.1. The van der Waals surface area contributed by atoms with Crippen molar-refractivity contribution in [2.45, 2.75) is 44.3 Å². The van der Waals surface area contributed by atoms with E-state index in [1.807, 2.05) is 0 Å². The summed E-state index contributed by atoms with van der Waals surface area (Å²) in [6, 6.07) is 0.468. The third kappa shape index (κ3) is 4.56.